The highest BCUT2D eigenvalue weighted by atomic mass is 35.5. The topological polar surface area (TPSA) is 92.9 Å². The number of anilines is 1. The molecule has 0 saturated heterocycles. The molecule has 1 N–H and O–H groups in total. The zero-order valence-electron chi connectivity index (χ0n) is 15.3. The van der Waals surface area contributed by atoms with Gasteiger partial charge in [0, 0.05) is 50.5 Å². The largest absolute Gasteiger partial charge is 0.352 e. The highest BCUT2D eigenvalue weighted by Crippen LogP contribution is 2.27. The summed E-state index contributed by atoms with van der Waals surface area (Å²) >= 11 is 0. The maximum absolute atomic E-state index is 5.09. The molecule has 0 fully saturated rings. The van der Waals surface area contributed by atoms with Crippen LogP contribution in [0.5, 0.6) is 0 Å². The van der Waals surface area contributed by atoms with E-state index in [-0.39, 0.29) is 12.4 Å². The second kappa shape index (κ2) is 8.41. The van der Waals surface area contributed by atoms with Crippen molar-refractivity contribution < 1.29 is 4.52 Å². The Morgan fingerprint density at radius 1 is 1.19 bits per heavy atom. The second-order valence-electron chi connectivity index (χ2n) is 6.37. The molecule has 0 saturated carbocycles. The quantitative estimate of drug-likeness (QED) is 0.726. The number of nitrogens with one attached hydrogen (secondary N) is 1. The van der Waals surface area contributed by atoms with E-state index in [1.54, 1.807) is 19.3 Å². The van der Waals surface area contributed by atoms with Gasteiger partial charge in [0.1, 0.15) is 5.82 Å². The van der Waals surface area contributed by atoms with Gasteiger partial charge in [-0.1, -0.05) is 5.16 Å². The molecule has 0 atom stereocenters. The molecule has 0 aromatic carbocycles. The van der Waals surface area contributed by atoms with E-state index in [4.69, 9.17) is 14.5 Å². The van der Waals surface area contributed by atoms with E-state index < -0.39 is 0 Å². The maximum Gasteiger partial charge on any atom is 0.223 e. The van der Waals surface area contributed by atoms with Crippen molar-refractivity contribution >= 4 is 18.2 Å². The van der Waals surface area contributed by atoms with Gasteiger partial charge in [0.2, 0.25) is 5.89 Å². The van der Waals surface area contributed by atoms with E-state index >= 15 is 0 Å². The molecular formula is C18H22ClN7O. The molecular weight excluding hydrogens is 366 g/mol. The molecule has 3 aromatic heterocycles. The first-order chi connectivity index (χ1) is 12.7. The van der Waals surface area contributed by atoms with Crippen LogP contribution in [-0.2, 0) is 19.4 Å². The summed E-state index contributed by atoms with van der Waals surface area (Å²) in [4.78, 5) is 20.3. The molecule has 0 spiro atoms. The van der Waals surface area contributed by atoms with Crippen molar-refractivity contribution in [2.75, 3.05) is 25.0 Å². The molecule has 0 bridgehead atoms. The Bertz CT molecular complexity index is 900. The van der Waals surface area contributed by atoms with E-state index in [1.807, 2.05) is 19.2 Å². The van der Waals surface area contributed by atoms with E-state index in [9.17, 15) is 0 Å². The molecule has 1 aliphatic rings. The van der Waals surface area contributed by atoms with Gasteiger partial charge in [-0.15, -0.1) is 12.4 Å². The molecule has 0 unspecified atom stereocenters. The first-order valence-corrected chi connectivity index (χ1v) is 8.72. The lowest BCUT2D eigenvalue weighted by Gasteiger charge is -2.21. The summed E-state index contributed by atoms with van der Waals surface area (Å²) in [7, 11) is 2.00. The third-order valence-corrected chi connectivity index (χ3v) is 4.39. The molecule has 0 amide bonds. The lowest BCUT2D eigenvalue weighted by Crippen LogP contribution is -2.22. The Morgan fingerprint density at radius 3 is 2.78 bits per heavy atom. The van der Waals surface area contributed by atoms with E-state index in [0.29, 0.717) is 24.1 Å². The first kappa shape index (κ1) is 19.2. The zero-order valence-corrected chi connectivity index (χ0v) is 16.2. The van der Waals surface area contributed by atoms with Gasteiger partial charge < -0.3 is 14.7 Å². The average molecular weight is 388 g/mol. The minimum Gasteiger partial charge on any atom is -0.352 e. The Balaban J connectivity index is 0.00000210. The molecule has 142 valence electrons. The lowest BCUT2D eigenvalue weighted by atomic mass is 10.1. The van der Waals surface area contributed by atoms with Crippen molar-refractivity contribution in [3.63, 3.8) is 0 Å². The molecule has 3 aromatic rings. The van der Waals surface area contributed by atoms with E-state index in [0.717, 1.165) is 43.0 Å². The van der Waals surface area contributed by atoms with Gasteiger partial charge >= 0.3 is 0 Å². The van der Waals surface area contributed by atoms with Crippen LogP contribution in [0.3, 0.4) is 0 Å². The van der Waals surface area contributed by atoms with Gasteiger partial charge in [-0.3, -0.25) is 4.98 Å². The normalized spacial score (nSPS) is 13.4. The SMILES string of the molecule is Cc1nc(CN(C)c2nc(-c3cccnc3)nc3c2CCNCC3)no1.Cl. The minimum absolute atomic E-state index is 0. The van der Waals surface area contributed by atoms with E-state index in [2.05, 4.69) is 25.3 Å². The Hall–Kier alpha value is -2.58. The zero-order chi connectivity index (χ0) is 17.9. The fraction of sp³-hybridized carbons (Fsp3) is 0.389. The molecule has 9 heteroatoms. The highest BCUT2D eigenvalue weighted by Gasteiger charge is 2.21. The summed E-state index contributed by atoms with van der Waals surface area (Å²) in [5, 5.41) is 7.43. The number of fused-ring (bicyclic) bond motifs is 1. The molecule has 8 nitrogen and oxygen atoms in total. The molecule has 0 aliphatic carbocycles. The Labute approximate surface area is 163 Å². The van der Waals surface area contributed by atoms with Crippen molar-refractivity contribution in [3.8, 4) is 11.4 Å². The maximum atomic E-state index is 5.09. The molecule has 27 heavy (non-hydrogen) atoms. The number of aromatic nitrogens is 5. The average Bonchev–Trinajstić information content (AvgIpc) is 2.92. The smallest absolute Gasteiger partial charge is 0.223 e. The minimum atomic E-state index is 0. The highest BCUT2D eigenvalue weighted by molar-refractivity contribution is 5.85. The number of rotatable bonds is 4. The summed E-state index contributed by atoms with van der Waals surface area (Å²) in [6, 6.07) is 3.88. The molecule has 4 rings (SSSR count). The summed E-state index contributed by atoms with van der Waals surface area (Å²) in [5.41, 5.74) is 3.19. The summed E-state index contributed by atoms with van der Waals surface area (Å²) in [6.45, 7) is 4.16. The van der Waals surface area contributed by atoms with Crippen LogP contribution in [0.2, 0.25) is 0 Å². The van der Waals surface area contributed by atoms with Crippen LogP contribution in [0, 0.1) is 6.92 Å². The van der Waals surface area contributed by atoms with Crippen LogP contribution >= 0.6 is 12.4 Å². The van der Waals surface area contributed by atoms with Crippen LogP contribution < -0.4 is 10.2 Å². The van der Waals surface area contributed by atoms with Gasteiger partial charge in [0.15, 0.2) is 11.6 Å². The van der Waals surface area contributed by atoms with Crippen molar-refractivity contribution in [3.05, 3.63) is 47.5 Å². The Morgan fingerprint density at radius 2 is 2.04 bits per heavy atom. The van der Waals surface area contributed by atoms with Crippen molar-refractivity contribution in [2.24, 2.45) is 0 Å². The predicted molar refractivity (Wildman–Crippen MR) is 104 cm³/mol. The summed E-state index contributed by atoms with van der Waals surface area (Å²) in [5.74, 6) is 2.83. The fourth-order valence-electron chi connectivity index (χ4n) is 3.16. The number of halogens is 1. The third-order valence-electron chi connectivity index (χ3n) is 4.39. The van der Waals surface area contributed by atoms with Crippen LogP contribution in [0.1, 0.15) is 23.0 Å². The molecule has 0 radical (unpaired) electrons. The first-order valence-electron chi connectivity index (χ1n) is 8.72. The van der Waals surface area contributed by atoms with E-state index in [1.165, 1.54) is 5.56 Å². The van der Waals surface area contributed by atoms with Gasteiger partial charge in [-0.2, -0.15) is 4.98 Å². The van der Waals surface area contributed by atoms with Crippen molar-refractivity contribution in [1.29, 1.82) is 0 Å². The predicted octanol–water partition coefficient (Wildman–Crippen LogP) is 1.98. The standard InChI is InChI=1S/C18H21N7O.ClH/c1-12-21-16(24-26-12)11-25(2)18-14-5-8-19-9-6-15(14)22-17(23-18)13-4-3-7-20-10-13;/h3-4,7,10,19H,5-6,8-9,11H2,1-2H3;1H. The Kier molecular flexibility index (Phi) is 5.98. The third kappa shape index (κ3) is 4.23. The number of nitrogens with zero attached hydrogens (tertiary/aromatic N) is 6. The van der Waals surface area contributed by atoms with Gasteiger partial charge in [-0.05, 0) is 25.1 Å². The second-order valence-corrected chi connectivity index (χ2v) is 6.37. The van der Waals surface area contributed by atoms with Crippen LogP contribution in [0.25, 0.3) is 11.4 Å². The molecule has 1 aliphatic heterocycles. The number of hydrogen-bond donors (Lipinski definition) is 1. The van der Waals surface area contributed by atoms with Crippen molar-refractivity contribution in [1.82, 2.24) is 30.4 Å². The fourth-order valence-corrected chi connectivity index (χ4v) is 3.16. The molecule has 4 heterocycles. The van der Waals surface area contributed by atoms with Crippen LogP contribution in [0.15, 0.2) is 29.0 Å². The van der Waals surface area contributed by atoms with Gasteiger partial charge in [0.25, 0.3) is 0 Å². The number of aryl methyl sites for hydroxylation is 1. The van der Waals surface area contributed by atoms with Crippen LogP contribution in [0.4, 0.5) is 5.82 Å². The number of hydrogen-bond acceptors (Lipinski definition) is 8. The van der Waals surface area contributed by atoms with Gasteiger partial charge in [0.05, 0.1) is 12.2 Å². The number of pyridine rings is 1. The van der Waals surface area contributed by atoms with Gasteiger partial charge in [-0.25, -0.2) is 9.97 Å². The lowest BCUT2D eigenvalue weighted by molar-refractivity contribution is 0.387. The summed E-state index contributed by atoms with van der Waals surface area (Å²) < 4.78 is 5.09. The van der Waals surface area contributed by atoms with Crippen LogP contribution in [-0.4, -0.2) is 45.2 Å². The monoisotopic (exact) mass is 387 g/mol. The van der Waals surface area contributed by atoms with Crippen molar-refractivity contribution in [2.45, 2.75) is 26.3 Å². The summed E-state index contributed by atoms with van der Waals surface area (Å²) in [6.07, 6.45) is 5.33.